The number of hydrogen-bond donors (Lipinski definition) is 4. The van der Waals surface area contributed by atoms with Crippen LogP contribution < -0.4 is 5.32 Å². The first-order valence-corrected chi connectivity index (χ1v) is 9.72. The molecule has 0 spiro atoms. The maximum absolute atomic E-state index is 12.5. The van der Waals surface area contributed by atoms with E-state index in [4.69, 9.17) is 10.2 Å². The normalized spacial score (nSPS) is 22.3. The Kier molecular flexibility index (Phi) is 6.68. The number of carboxylic acid groups (broad SMARTS) is 2. The first kappa shape index (κ1) is 21.3. The zero-order valence-electron chi connectivity index (χ0n) is 16.3. The maximum Gasteiger partial charge on any atom is 0.328 e. The lowest BCUT2D eigenvalue weighted by atomic mass is 9.84. The molecule has 5 rings (SSSR count). The standard InChI is InChI=1S/C18H20N2O2.C4H4O4/c21-16-4-3-12-1-2-14(9-15(12)10-16)18(22)19-17-11-20-7-5-13(17)6-8-20;5-3(6)1-2-4(7)8/h1-4,9-10,13,17,21H,5-8,11H2,(H,19,22);1-2H,(H,5,6)(H,7,8)/t17-;/m0./s1. The molecule has 3 aliphatic heterocycles. The van der Waals surface area contributed by atoms with Crippen molar-refractivity contribution < 1.29 is 29.7 Å². The highest BCUT2D eigenvalue weighted by Gasteiger charge is 2.34. The van der Waals surface area contributed by atoms with Crippen molar-refractivity contribution in [1.82, 2.24) is 10.2 Å². The average Bonchev–Trinajstić information content (AvgIpc) is 2.73. The summed E-state index contributed by atoms with van der Waals surface area (Å²) in [6.45, 7) is 3.32. The molecule has 0 unspecified atom stereocenters. The van der Waals surface area contributed by atoms with E-state index < -0.39 is 11.9 Å². The largest absolute Gasteiger partial charge is 0.508 e. The number of phenols is 1. The predicted octanol–water partition coefficient (Wildman–Crippen LogP) is 2.08. The number of nitrogens with one attached hydrogen (secondary N) is 1. The fourth-order valence-corrected chi connectivity index (χ4v) is 3.90. The van der Waals surface area contributed by atoms with E-state index in [2.05, 4.69) is 10.2 Å². The second kappa shape index (κ2) is 9.41. The Morgan fingerprint density at radius 1 is 0.933 bits per heavy atom. The van der Waals surface area contributed by atoms with Gasteiger partial charge in [-0.2, -0.15) is 0 Å². The lowest BCUT2D eigenvalue weighted by Gasteiger charge is -2.44. The Balaban J connectivity index is 0.000000275. The number of carbonyl (C=O) groups excluding carboxylic acids is 1. The number of nitrogens with zero attached hydrogens (tertiary/aromatic N) is 1. The van der Waals surface area contributed by atoms with Gasteiger partial charge in [0, 0.05) is 30.3 Å². The minimum atomic E-state index is -1.26. The molecule has 1 atom stereocenters. The lowest BCUT2D eigenvalue weighted by Crippen LogP contribution is -2.57. The van der Waals surface area contributed by atoms with Crippen LogP contribution in [0.5, 0.6) is 5.75 Å². The Bertz CT molecular complexity index is 963. The molecule has 8 nitrogen and oxygen atoms in total. The molecule has 0 saturated carbocycles. The quantitative estimate of drug-likeness (QED) is 0.566. The van der Waals surface area contributed by atoms with Gasteiger partial charge in [0.1, 0.15) is 5.75 Å². The highest BCUT2D eigenvalue weighted by atomic mass is 16.4. The van der Waals surface area contributed by atoms with Gasteiger partial charge in [-0.25, -0.2) is 9.59 Å². The summed E-state index contributed by atoms with van der Waals surface area (Å²) in [7, 11) is 0. The van der Waals surface area contributed by atoms with Crippen LogP contribution in [-0.2, 0) is 9.59 Å². The van der Waals surface area contributed by atoms with Crippen molar-refractivity contribution in [3.63, 3.8) is 0 Å². The van der Waals surface area contributed by atoms with Gasteiger partial charge in [-0.15, -0.1) is 0 Å². The van der Waals surface area contributed by atoms with E-state index in [0.717, 1.165) is 17.3 Å². The van der Waals surface area contributed by atoms with Crippen molar-refractivity contribution in [3.8, 4) is 5.75 Å². The van der Waals surface area contributed by atoms with E-state index in [1.54, 1.807) is 12.1 Å². The molecule has 0 aliphatic carbocycles. The van der Waals surface area contributed by atoms with Crippen LogP contribution in [0.3, 0.4) is 0 Å². The third-order valence-electron chi connectivity index (χ3n) is 5.43. The van der Waals surface area contributed by atoms with Gasteiger partial charge in [0.05, 0.1) is 0 Å². The zero-order chi connectivity index (χ0) is 21.7. The summed E-state index contributed by atoms with van der Waals surface area (Å²) < 4.78 is 0. The first-order chi connectivity index (χ1) is 14.3. The van der Waals surface area contributed by atoms with Crippen LogP contribution in [0.1, 0.15) is 23.2 Å². The van der Waals surface area contributed by atoms with E-state index >= 15 is 0 Å². The molecule has 2 bridgehead atoms. The second-order valence-electron chi connectivity index (χ2n) is 7.47. The molecule has 3 aliphatic rings. The molecule has 0 aromatic heterocycles. The van der Waals surface area contributed by atoms with Crippen LogP contribution in [0, 0.1) is 5.92 Å². The van der Waals surface area contributed by atoms with E-state index in [-0.39, 0.29) is 17.7 Å². The number of aromatic hydroxyl groups is 1. The van der Waals surface area contributed by atoms with Crippen molar-refractivity contribution in [1.29, 1.82) is 0 Å². The molecular weight excluding hydrogens is 388 g/mol. The molecular formula is C22H24N2O6. The number of benzene rings is 2. The number of piperidine rings is 3. The monoisotopic (exact) mass is 412 g/mol. The van der Waals surface area contributed by atoms with Gasteiger partial charge in [0.15, 0.2) is 0 Å². The number of hydrogen-bond acceptors (Lipinski definition) is 5. The van der Waals surface area contributed by atoms with Crippen molar-refractivity contribution >= 4 is 28.6 Å². The SMILES string of the molecule is O=C(N[C@H]1CN2CCC1CC2)c1ccc2ccc(O)cc2c1.O=C(O)C=CC(=O)O. The number of phenolic OH excluding ortho intramolecular Hbond substituents is 1. The van der Waals surface area contributed by atoms with E-state index in [9.17, 15) is 19.5 Å². The number of carboxylic acids is 2. The number of amides is 1. The van der Waals surface area contributed by atoms with E-state index in [0.29, 0.717) is 23.6 Å². The third kappa shape index (κ3) is 5.57. The van der Waals surface area contributed by atoms with Crippen molar-refractivity contribution in [3.05, 3.63) is 54.1 Å². The predicted molar refractivity (Wildman–Crippen MR) is 110 cm³/mol. The van der Waals surface area contributed by atoms with Crippen LogP contribution in [-0.4, -0.2) is 63.7 Å². The molecule has 0 radical (unpaired) electrons. The molecule has 4 N–H and O–H groups in total. The summed E-state index contributed by atoms with van der Waals surface area (Å²) in [5.74, 6) is -1.68. The summed E-state index contributed by atoms with van der Waals surface area (Å²) >= 11 is 0. The molecule has 3 heterocycles. The highest BCUT2D eigenvalue weighted by Crippen LogP contribution is 2.28. The van der Waals surface area contributed by atoms with Gasteiger partial charge in [-0.05, 0) is 66.9 Å². The second-order valence-corrected chi connectivity index (χ2v) is 7.47. The molecule has 2 aromatic carbocycles. The third-order valence-corrected chi connectivity index (χ3v) is 5.43. The highest BCUT2D eigenvalue weighted by molar-refractivity contribution is 5.99. The molecule has 3 saturated heterocycles. The molecule has 30 heavy (non-hydrogen) atoms. The first-order valence-electron chi connectivity index (χ1n) is 9.72. The maximum atomic E-state index is 12.5. The topological polar surface area (TPSA) is 127 Å². The summed E-state index contributed by atoms with van der Waals surface area (Å²) in [5.41, 5.74) is 0.662. The van der Waals surface area contributed by atoms with Gasteiger partial charge in [-0.3, -0.25) is 4.79 Å². The summed E-state index contributed by atoms with van der Waals surface area (Å²) in [6, 6.07) is 11.1. The molecule has 1 amide bonds. The Labute approximate surface area is 173 Å². The van der Waals surface area contributed by atoms with Gasteiger partial charge in [0.25, 0.3) is 5.91 Å². The number of fused-ring (bicyclic) bond motifs is 4. The van der Waals surface area contributed by atoms with Crippen LogP contribution in [0.4, 0.5) is 0 Å². The van der Waals surface area contributed by atoms with Gasteiger partial charge < -0.3 is 25.5 Å². The molecule has 158 valence electrons. The average molecular weight is 412 g/mol. The fraction of sp³-hybridized carbons (Fsp3) is 0.318. The summed E-state index contributed by atoms with van der Waals surface area (Å²) in [6.07, 6.45) is 3.50. The Hall–Kier alpha value is -3.39. The fourth-order valence-electron chi connectivity index (χ4n) is 3.90. The number of aliphatic carboxylic acids is 2. The van der Waals surface area contributed by atoms with Crippen LogP contribution in [0.15, 0.2) is 48.6 Å². The van der Waals surface area contributed by atoms with Crippen molar-refractivity contribution in [2.75, 3.05) is 19.6 Å². The summed E-state index contributed by atoms with van der Waals surface area (Å²) in [4.78, 5) is 34.1. The van der Waals surface area contributed by atoms with Crippen LogP contribution in [0.2, 0.25) is 0 Å². The molecule has 8 heteroatoms. The minimum Gasteiger partial charge on any atom is -0.508 e. The van der Waals surface area contributed by atoms with E-state index in [1.165, 1.54) is 25.9 Å². The zero-order valence-corrected chi connectivity index (χ0v) is 16.3. The lowest BCUT2D eigenvalue weighted by molar-refractivity contribution is -0.134. The molecule has 2 aromatic rings. The number of rotatable bonds is 4. The Morgan fingerprint density at radius 2 is 1.57 bits per heavy atom. The number of carbonyl (C=O) groups is 3. The smallest absolute Gasteiger partial charge is 0.328 e. The van der Waals surface area contributed by atoms with Crippen LogP contribution in [0.25, 0.3) is 10.8 Å². The molecule has 3 fully saturated rings. The van der Waals surface area contributed by atoms with E-state index in [1.807, 2.05) is 24.3 Å². The summed E-state index contributed by atoms with van der Waals surface area (Å²) in [5, 5.41) is 30.3. The minimum absolute atomic E-state index is 0.0102. The van der Waals surface area contributed by atoms with Gasteiger partial charge >= 0.3 is 11.9 Å². The van der Waals surface area contributed by atoms with Crippen molar-refractivity contribution in [2.45, 2.75) is 18.9 Å². The Morgan fingerprint density at radius 3 is 2.13 bits per heavy atom. The van der Waals surface area contributed by atoms with Crippen LogP contribution >= 0.6 is 0 Å². The van der Waals surface area contributed by atoms with Crippen molar-refractivity contribution in [2.24, 2.45) is 5.92 Å². The van der Waals surface area contributed by atoms with Gasteiger partial charge in [0.2, 0.25) is 0 Å². The van der Waals surface area contributed by atoms with Gasteiger partial charge in [-0.1, -0.05) is 12.1 Å².